The third kappa shape index (κ3) is 4.91. The molecule has 0 unspecified atom stereocenters. The van der Waals surface area contributed by atoms with Gasteiger partial charge in [0, 0.05) is 0 Å². The van der Waals surface area contributed by atoms with Gasteiger partial charge in [0.1, 0.15) is 6.04 Å². The molecule has 0 aliphatic rings. The third-order valence-electron chi connectivity index (χ3n) is 1.38. The quantitative estimate of drug-likeness (QED) is 0.463. The Morgan fingerprint density at radius 3 is 2.29 bits per heavy atom. The first-order valence-electron chi connectivity index (χ1n) is 3.98. The number of carbonyl (C=O) groups excluding carboxylic acids is 3. The minimum Gasteiger partial charge on any atom is -0.370 e. The molecule has 0 aromatic rings. The Kier molecular flexibility index (Phi) is 4.98. The minimum atomic E-state index is -1.05. The summed E-state index contributed by atoms with van der Waals surface area (Å²) in [6.07, 6.45) is 2.42. The van der Waals surface area contributed by atoms with Crippen LogP contribution in [0.25, 0.3) is 0 Å². The van der Waals surface area contributed by atoms with E-state index in [0.717, 1.165) is 0 Å². The van der Waals surface area contributed by atoms with Gasteiger partial charge in [0.2, 0.25) is 17.7 Å². The van der Waals surface area contributed by atoms with Gasteiger partial charge >= 0.3 is 0 Å². The highest BCUT2D eigenvalue weighted by Crippen LogP contribution is 1.90. The highest BCUT2D eigenvalue weighted by molar-refractivity contribution is 5.94. The second kappa shape index (κ2) is 5.74. The van der Waals surface area contributed by atoms with E-state index in [9.17, 15) is 14.4 Å². The number of nitrogens with one attached hydrogen (secondary N) is 1. The molecule has 3 amide bonds. The summed E-state index contributed by atoms with van der Waals surface area (Å²) in [4.78, 5) is 32.2. The van der Waals surface area contributed by atoms with Crippen LogP contribution in [0.15, 0.2) is 12.2 Å². The van der Waals surface area contributed by atoms with Gasteiger partial charge in [-0.1, -0.05) is 6.08 Å². The fraction of sp³-hybridized carbons (Fsp3) is 0.375. The molecule has 1 atom stereocenters. The van der Waals surface area contributed by atoms with Crippen molar-refractivity contribution in [3.05, 3.63) is 12.2 Å². The van der Waals surface area contributed by atoms with Crippen molar-refractivity contribution in [1.29, 1.82) is 0 Å². The van der Waals surface area contributed by atoms with Crippen LogP contribution in [0.4, 0.5) is 0 Å². The molecule has 6 nitrogen and oxygen atoms in total. The highest BCUT2D eigenvalue weighted by atomic mass is 16.2. The maximum Gasteiger partial charge on any atom is 0.244 e. The molecule has 0 aromatic heterocycles. The van der Waals surface area contributed by atoms with E-state index in [-0.39, 0.29) is 6.42 Å². The van der Waals surface area contributed by atoms with Crippen LogP contribution in [0.5, 0.6) is 0 Å². The molecule has 14 heavy (non-hydrogen) atoms. The van der Waals surface area contributed by atoms with Crippen LogP contribution in [0.2, 0.25) is 0 Å². The number of hydrogen-bond acceptors (Lipinski definition) is 3. The summed E-state index contributed by atoms with van der Waals surface area (Å²) in [5.74, 6) is -1.98. The number of primary amides is 2. The Balaban J connectivity index is 4.30. The summed E-state index contributed by atoms with van der Waals surface area (Å²) in [5.41, 5.74) is 9.81. The lowest BCUT2D eigenvalue weighted by Gasteiger charge is -2.11. The monoisotopic (exact) mass is 199 g/mol. The number of nitrogens with two attached hydrogens (primary N) is 2. The Bertz CT molecular complexity index is 273. The van der Waals surface area contributed by atoms with E-state index < -0.39 is 23.8 Å². The van der Waals surface area contributed by atoms with Crippen molar-refractivity contribution < 1.29 is 14.4 Å². The van der Waals surface area contributed by atoms with Gasteiger partial charge in [0.05, 0.1) is 6.42 Å². The van der Waals surface area contributed by atoms with E-state index in [1.807, 2.05) is 0 Å². The van der Waals surface area contributed by atoms with Crippen LogP contribution in [0, 0.1) is 0 Å². The fourth-order valence-corrected chi connectivity index (χ4v) is 0.795. The van der Waals surface area contributed by atoms with Crippen LogP contribution in [0.3, 0.4) is 0 Å². The van der Waals surface area contributed by atoms with E-state index in [4.69, 9.17) is 11.5 Å². The normalized spacial score (nSPS) is 12.4. The Hall–Kier alpha value is -1.85. The zero-order valence-electron chi connectivity index (χ0n) is 7.82. The Labute approximate surface area is 81.3 Å². The van der Waals surface area contributed by atoms with Crippen LogP contribution in [0.1, 0.15) is 13.3 Å². The molecule has 0 aliphatic carbocycles. The van der Waals surface area contributed by atoms with Gasteiger partial charge in [0.25, 0.3) is 0 Å². The molecule has 0 radical (unpaired) electrons. The zero-order chi connectivity index (χ0) is 11.1. The summed E-state index contributed by atoms with van der Waals surface area (Å²) < 4.78 is 0. The van der Waals surface area contributed by atoms with Gasteiger partial charge in [-0.2, -0.15) is 0 Å². The van der Waals surface area contributed by atoms with Crippen molar-refractivity contribution in [2.75, 3.05) is 0 Å². The smallest absolute Gasteiger partial charge is 0.244 e. The van der Waals surface area contributed by atoms with Gasteiger partial charge in [0.15, 0.2) is 0 Å². The molecule has 0 heterocycles. The minimum absolute atomic E-state index is 0.293. The molecule has 0 aromatic carbocycles. The predicted molar refractivity (Wildman–Crippen MR) is 49.8 cm³/mol. The number of allylic oxidation sites excluding steroid dienone is 1. The molecule has 0 bridgehead atoms. The van der Waals surface area contributed by atoms with Crippen molar-refractivity contribution >= 4 is 17.7 Å². The molecular formula is C8H13N3O3. The lowest BCUT2D eigenvalue weighted by atomic mass is 10.2. The number of carbonyl (C=O) groups is 3. The third-order valence-corrected chi connectivity index (χ3v) is 1.38. The first kappa shape index (κ1) is 12.2. The second-order valence-corrected chi connectivity index (χ2v) is 2.63. The highest BCUT2D eigenvalue weighted by Gasteiger charge is 2.18. The molecule has 5 N–H and O–H groups in total. The van der Waals surface area contributed by atoms with Crippen LogP contribution < -0.4 is 16.8 Å². The lowest BCUT2D eigenvalue weighted by Crippen LogP contribution is -2.46. The lowest BCUT2D eigenvalue weighted by molar-refractivity contribution is -0.127. The first-order chi connectivity index (χ1) is 6.47. The van der Waals surface area contributed by atoms with Crippen molar-refractivity contribution in [3.63, 3.8) is 0 Å². The van der Waals surface area contributed by atoms with Crippen LogP contribution >= 0.6 is 0 Å². The largest absolute Gasteiger partial charge is 0.370 e. The molecule has 6 heteroatoms. The molecule has 0 saturated carbocycles. The van der Waals surface area contributed by atoms with Crippen LogP contribution in [-0.4, -0.2) is 23.8 Å². The van der Waals surface area contributed by atoms with Gasteiger partial charge in [-0.05, 0) is 13.0 Å². The van der Waals surface area contributed by atoms with Gasteiger partial charge < -0.3 is 16.8 Å². The van der Waals surface area contributed by atoms with Crippen LogP contribution in [-0.2, 0) is 14.4 Å². The maximum atomic E-state index is 11.0. The van der Waals surface area contributed by atoms with Crippen molar-refractivity contribution in [1.82, 2.24) is 5.32 Å². The second-order valence-electron chi connectivity index (χ2n) is 2.63. The summed E-state index contributed by atoms with van der Waals surface area (Å²) >= 11 is 0. The average Bonchev–Trinajstić information content (AvgIpc) is 2.02. The van der Waals surface area contributed by atoms with Crippen molar-refractivity contribution in [2.24, 2.45) is 11.5 Å². The molecule has 0 fully saturated rings. The summed E-state index contributed by atoms with van der Waals surface area (Å²) in [7, 11) is 0. The van der Waals surface area contributed by atoms with E-state index in [1.54, 1.807) is 6.92 Å². The zero-order valence-corrected chi connectivity index (χ0v) is 7.82. The van der Waals surface area contributed by atoms with Gasteiger partial charge in [-0.15, -0.1) is 0 Å². The van der Waals surface area contributed by atoms with Crippen molar-refractivity contribution in [2.45, 2.75) is 19.4 Å². The predicted octanol–water partition coefficient (Wildman–Crippen LogP) is -1.59. The molecule has 78 valence electrons. The van der Waals surface area contributed by atoms with Crippen molar-refractivity contribution in [3.8, 4) is 0 Å². The number of rotatable bonds is 5. The van der Waals surface area contributed by atoms with E-state index >= 15 is 0 Å². The van der Waals surface area contributed by atoms with E-state index in [2.05, 4.69) is 5.32 Å². The Morgan fingerprint density at radius 1 is 1.36 bits per heavy atom. The number of amides is 3. The summed E-state index contributed by atoms with van der Waals surface area (Å²) in [5, 5.41) is 2.25. The van der Waals surface area contributed by atoms with Gasteiger partial charge in [-0.25, -0.2) is 0 Å². The molecule has 0 saturated heterocycles. The standard InChI is InChI=1S/C8H13N3O3/c1-2-3-7(13)11-5(8(10)14)4-6(9)12/h2-3,5H,4H2,1H3,(H2,9,12)(H2,10,14)(H,11,13)/t5-/m0/s1. The Morgan fingerprint density at radius 2 is 1.93 bits per heavy atom. The topological polar surface area (TPSA) is 115 Å². The summed E-state index contributed by atoms with van der Waals surface area (Å²) in [6, 6.07) is -1.05. The maximum absolute atomic E-state index is 11.0. The molecular weight excluding hydrogens is 186 g/mol. The molecule has 0 spiro atoms. The first-order valence-corrected chi connectivity index (χ1v) is 3.98. The molecule has 0 rings (SSSR count). The average molecular weight is 199 g/mol. The van der Waals surface area contributed by atoms with Gasteiger partial charge in [-0.3, -0.25) is 14.4 Å². The van der Waals surface area contributed by atoms with E-state index in [0.29, 0.717) is 0 Å². The molecule has 0 aliphatic heterocycles. The summed E-state index contributed by atoms with van der Waals surface area (Å²) in [6.45, 7) is 1.65. The fourth-order valence-electron chi connectivity index (χ4n) is 0.795. The number of hydrogen-bond donors (Lipinski definition) is 3. The van der Waals surface area contributed by atoms with E-state index in [1.165, 1.54) is 12.2 Å². The SMILES string of the molecule is CC=CC(=O)N[C@@H](CC(N)=O)C(N)=O.